The molecule has 6 heteroatoms. The SMILES string of the molecule is O=C(N[C@@H](Cc1ccccc1)c1[nH]nc2ncccc12)c1ccccn1. The van der Waals surface area contributed by atoms with Crippen LogP contribution in [-0.4, -0.2) is 26.1 Å². The van der Waals surface area contributed by atoms with Crippen molar-refractivity contribution in [1.82, 2.24) is 25.5 Å². The van der Waals surface area contributed by atoms with Crippen molar-refractivity contribution >= 4 is 16.9 Å². The van der Waals surface area contributed by atoms with Crippen LogP contribution in [-0.2, 0) is 6.42 Å². The number of carbonyl (C=O) groups is 1. The van der Waals surface area contributed by atoms with Crippen molar-refractivity contribution in [3.8, 4) is 0 Å². The fourth-order valence-corrected chi connectivity index (χ4v) is 2.94. The number of aromatic amines is 1. The Labute approximate surface area is 150 Å². The summed E-state index contributed by atoms with van der Waals surface area (Å²) >= 11 is 0. The molecule has 4 rings (SSSR count). The molecule has 0 unspecified atom stereocenters. The number of aromatic nitrogens is 4. The fraction of sp³-hybridized carbons (Fsp3) is 0.100. The van der Waals surface area contributed by atoms with Gasteiger partial charge in [0, 0.05) is 17.8 Å². The second-order valence-electron chi connectivity index (χ2n) is 5.94. The number of hydrogen-bond donors (Lipinski definition) is 2. The lowest BCUT2D eigenvalue weighted by molar-refractivity contribution is 0.0931. The average Bonchev–Trinajstić information content (AvgIpc) is 3.13. The van der Waals surface area contributed by atoms with Crippen molar-refractivity contribution in [2.45, 2.75) is 12.5 Å². The highest BCUT2D eigenvalue weighted by Gasteiger charge is 2.21. The van der Waals surface area contributed by atoms with Crippen LogP contribution in [0.2, 0.25) is 0 Å². The van der Waals surface area contributed by atoms with Crippen molar-refractivity contribution in [3.63, 3.8) is 0 Å². The maximum atomic E-state index is 12.7. The Morgan fingerprint density at radius 3 is 2.58 bits per heavy atom. The number of carbonyl (C=O) groups excluding carboxylic acids is 1. The summed E-state index contributed by atoms with van der Waals surface area (Å²) < 4.78 is 0. The van der Waals surface area contributed by atoms with Gasteiger partial charge in [0.25, 0.3) is 5.91 Å². The van der Waals surface area contributed by atoms with E-state index in [9.17, 15) is 4.79 Å². The Bertz CT molecular complexity index is 1010. The molecule has 0 aliphatic heterocycles. The van der Waals surface area contributed by atoms with E-state index in [1.54, 1.807) is 30.6 Å². The van der Waals surface area contributed by atoms with E-state index < -0.39 is 0 Å². The van der Waals surface area contributed by atoms with Gasteiger partial charge in [-0.05, 0) is 36.2 Å². The Morgan fingerprint density at radius 1 is 0.962 bits per heavy atom. The highest BCUT2D eigenvalue weighted by molar-refractivity contribution is 5.92. The summed E-state index contributed by atoms with van der Waals surface area (Å²) in [5.74, 6) is -0.224. The predicted molar refractivity (Wildman–Crippen MR) is 98.5 cm³/mol. The standard InChI is InChI=1S/C20H17N5O/c26-20(16-10-4-5-11-21-16)23-17(13-14-7-2-1-3-8-14)18-15-9-6-12-22-19(15)25-24-18/h1-12,17H,13H2,(H,23,26)(H,22,24,25)/t17-/m0/s1. The topological polar surface area (TPSA) is 83.6 Å². The van der Waals surface area contributed by atoms with E-state index in [1.807, 2.05) is 42.5 Å². The maximum absolute atomic E-state index is 12.7. The molecule has 0 fully saturated rings. The molecule has 0 aliphatic rings. The molecule has 0 spiro atoms. The van der Waals surface area contributed by atoms with Gasteiger partial charge in [0.15, 0.2) is 5.65 Å². The van der Waals surface area contributed by atoms with Gasteiger partial charge in [0.05, 0.1) is 11.7 Å². The number of nitrogens with one attached hydrogen (secondary N) is 2. The first-order valence-electron chi connectivity index (χ1n) is 8.36. The van der Waals surface area contributed by atoms with Crippen LogP contribution < -0.4 is 5.32 Å². The fourth-order valence-electron chi connectivity index (χ4n) is 2.94. The van der Waals surface area contributed by atoms with Crippen molar-refractivity contribution in [2.75, 3.05) is 0 Å². The molecule has 3 aromatic heterocycles. The van der Waals surface area contributed by atoms with E-state index in [0.717, 1.165) is 16.6 Å². The summed E-state index contributed by atoms with van der Waals surface area (Å²) in [6.45, 7) is 0. The molecule has 128 valence electrons. The summed E-state index contributed by atoms with van der Waals surface area (Å²) in [5.41, 5.74) is 2.96. The van der Waals surface area contributed by atoms with Crippen molar-refractivity contribution < 1.29 is 4.79 Å². The number of amides is 1. The third-order valence-electron chi connectivity index (χ3n) is 4.19. The van der Waals surface area contributed by atoms with E-state index in [1.165, 1.54) is 0 Å². The largest absolute Gasteiger partial charge is 0.342 e. The highest BCUT2D eigenvalue weighted by Crippen LogP contribution is 2.24. The molecule has 1 amide bonds. The lowest BCUT2D eigenvalue weighted by Crippen LogP contribution is -2.31. The molecule has 0 saturated heterocycles. The first-order chi connectivity index (χ1) is 12.8. The minimum Gasteiger partial charge on any atom is -0.342 e. The number of pyridine rings is 2. The van der Waals surface area contributed by atoms with Crippen molar-refractivity contribution in [2.24, 2.45) is 0 Å². The molecule has 6 nitrogen and oxygen atoms in total. The summed E-state index contributed by atoms with van der Waals surface area (Å²) in [7, 11) is 0. The lowest BCUT2D eigenvalue weighted by Gasteiger charge is -2.18. The van der Waals surface area contributed by atoms with Crippen LogP contribution in [0, 0.1) is 0 Å². The Kier molecular flexibility index (Phi) is 4.38. The first-order valence-corrected chi connectivity index (χ1v) is 8.36. The van der Waals surface area contributed by atoms with Crippen LogP contribution in [0.3, 0.4) is 0 Å². The number of benzene rings is 1. The number of H-pyrrole nitrogens is 1. The molecular formula is C20H17N5O. The van der Waals surface area contributed by atoms with Gasteiger partial charge in [-0.1, -0.05) is 36.4 Å². The van der Waals surface area contributed by atoms with E-state index in [-0.39, 0.29) is 11.9 Å². The van der Waals surface area contributed by atoms with Gasteiger partial charge in [-0.2, -0.15) is 5.10 Å². The van der Waals surface area contributed by atoms with Crippen LogP contribution in [0.1, 0.15) is 27.8 Å². The molecular weight excluding hydrogens is 326 g/mol. The summed E-state index contributed by atoms with van der Waals surface area (Å²) in [4.78, 5) is 21.0. The van der Waals surface area contributed by atoms with E-state index in [4.69, 9.17) is 0 Å². The minimum atomic E-state index is -0.277. The zero-order valence-corrected chi connectivity index (χ0v) is 14.0. The zero-order chi connectivity index (χ0) is 17.8. The van der Waals surface area contributed by atoms with Crippen molar-refractivity contribution in [1.29, 1.82) is 0 Å². The van der Waals surface area contributed by atoms with Gasteiger partial charge in [-0.15, -0.1) is 0 Å². The molecule has 2 N–H and O–H groups in total. The molecule has 0 aliphatic carbocycles. The number of hydrogen-bond acceptors (Lipinski definition) is 4. The molecule has 3 heterocycles. The number of nitrogens with zero attached hydrogens (tertiary/aromatic N) is 3. The Morgan fingerprint density at radius 2 is 1.77 bits per heavy atom. The van der Waals surface area contributed by atoms with Crippen LogP contribution in [0.4, 0.5) is 0 Å². The third kappa shape index (κ3) is 3.30. The molecule has 26 heavy (non-hydrogen) atoms. The molecule has 0 saturated carbocycles. The Hall–Kier alpha value is -3.54. The molecule has 1 aromatic carbocycles. The van der Waals surface area contributed by atoms with Crippen LogP contribution in [0.5, 0.6) is 0 Å². The number of rotatable bonds is 5. The van der Waals surface area contributed by atoms with Gasteiger partial charge in [0.1, 0.15) is 5.69 Å². The van der Waals surface area contributed by atoms with Gasteiger partial charge in [-0.3, -0.25) is 14.9 Å². The van der Waals surface area contributed by atoms with Gasteiger partial charge < -0.3 is 5.32 Å². The summed E-state index contributed by atoms with van der Waals surface area (Å²) in [6.07, 6.45) is 3.94. The molecule has 0 bridgehead atoms. The normalized spacial score (nSPS) is 12.0. The summed E-state index contributed by atoms with van der Waals surface area (Å²) in [6, 6.07) is 18.8. The smallest absolute Gasteiger partial charge is 0.270 e. The quantitative estimate of drug-likeness (QED) is 0.583. The second-order valence-corrected chi connectivity index (χ2v) is 5.94. The number of fused-ring (bicyclic) bond motifs is 1. The molecule has 4 aromatic rings. The molecule has 1 atom stereocenters. The highest BCUT2D eigenvalue weighted by atomic mass is 16.1. The van der Waals surface area contributed by atoms with Crippen LogP contribution in [0.25, 0.3) is 11.0 Å². The monoisotopic (exact) mass is 343 g/mol. The van der Waals surface area contributed by atoms with Gasteiger partial charge in [-0.25, -0.2) is 4.98 Å². The predicted octanol–water partition coefficient (Wildman–Crippen LogP) is 3.07. The second kappa shape index (κ2) is 7.14. The summed E-state index contributed by atoms with van der Waals surface area (Å²) in [5, 5.41) is 11.3. The zero-order valence-electron chi connectivity index (χ0n) is 14.0. The lowest BCUT2D eigenvalue weighted by atomic mass is 10.0. The Balaban J connectivity index is 1.68. The van der Waals surface area contributed by atoms with E-state index >= 15 is 0 Å². The van der Waals surface area contributed by atoms with Gasteiger partial charge in [0.2, 0.25) is 0 Å². The van der Waals surface area contributed by atoms with E-state index in [0.29, 0.717) is 17.8 Å². The van der Waals surface area contributed by atoms with Gasteiger partial charge >= 0.3 is 0 Å². The maximum Gasteiger partial charge on any atom is 0.270 e. The van der Waals surface area contributed by atoms with Crippen LogP contribution in [0.15, 0.2) is 73.1 Å². The van der Waals surface area contributed by atoms with Crippen LogP contribution >= 0.6 is 0 Å². The molecule has 0 radical (unpaired) electrons. The third-order valence-corrected chi connectivity index (χ3v) is 4.19. The average molecular weight is 343 g/mol. The van der Waals surface area contributed by atoms with E-state index in [2.05, 4.69) is 25.5 Å². The minimum absolute atomic E-state index is 0.224. The van der Waals surface area contributed by atoms with Crippen molar-refractivity contribution in [3.05, 3.63) is 90.0 Å². The first kappa shape index (κ1) is 16.0.